The molecule has 0 N–H and O–H groups in total. The third kappa shape index (κ3) is 4.47. The predicted molar refractivity (Wildman–Crippen MR) is 111 cm³/mol. The molecule has 0 aliphatic carbocycles. The molecule has 0 fully saturated rings. The fourth-order valence-electron chi connectivity index (χ4n) is 2.52. The van der Waals surface area contributed by atoms with Crippen LogP contribution in [-0.4, -0.2) is 26.4 Å². The third-order valence-corrected chi connectivity index (χ3v) is 9.49. The van der Waals surface area contributed by atoms with Gasteiger partial charge in [-0.25, -0.2) is 16.8 Å². The highest BCUT2D eigenvalue weighted by atomic mass is 32.3. The maximum Gasteiger partial charge on any atom is 0.257 e. The van der Waals surface area contributed by atoms with Gasteiger partial charge < -0.3 is 0 Å². The second-order valence-electron chi connectivity index (χ2n) is 6.00. The van der Waals surface area contributed by atoms with Crippen molar-refractivity contribution in [2.45, 2.75) is 21.6 Å². The monoisotopic (exact) mass is 433 g/mol. The minimum atomic E-state index is -4.26. The largest absolute Gasteiger partial charge is 0.257 e. The normalized spacial score (nSPS) is 12.2. The fraction of sp³-hybridized carbons (Fsp3) is 0.100. The summed E-state index contributed by atoms with van der Waals surface area (Å²) >= 11 is 1.15. The SMILES string of the molecule is Cc1cccc(SCN(S(=O)(=O)c2ccccc2)S(=O)(=O)c2ccccc2)c1. The van der Waals surface area contributed by atoms with Crippen molar-refractivity contribution in [3.05, 3.63) is 90.5 Å². The van der Waals surface area contributed by atoms with Gasteiger partial charge in [-0.15, -0.1) is 11.8 Å². The van der Waals surface area contributed by atoms with Crippen LogP contribution in [0.15, 0.2) is 99.6 Å². The number of nitrogens with zero attached hydrogens (tertiary/aromatic N) is 1. The smallest absolute Gasteiger partial charge is 0.206 e. The lowest BCUT2D eigenvalue weighted by Gasteiger charge is -2.22. The van der Waals surface area contributed by atoms with Gasteiger partial charge in [-0.3, -0.25) is 0 Å². The van der Waals surface area contributed by atoms with Gasteiger partial charge in [0, 0.05) is 4.90 Å². The number of aryl methyl sites for hydroxylation is 1. The minimum Gasteiger partial charge on any atom is -0.206 e. The topological polar surface area (TPSA) is 71.5 Å². The summed E-state index contributed by atoms with van der Waals surface area (Å²) < 4.78 is 53.3. The number of rotatable bonds is 7. The van der Waals surface area contributed by atoms with E-state index in [0.29, 0.717) is 3.71 Å². The van der Waals surface area contributed by atoms with E-state index in [1.54, 1.807) is 36.4 Å². The van der Waals surface area contributed by atoms with Crippen LogP contribution in [-0.2, 0) is 20.0 Å². The van der Waals surface area contributed by atoms with Gasteiger partial charge in [0.2, 0.25) is 0 Å². The highest BCUT2D eigenvalue weighted by Crippen LogP contribution is 2.29. The average Bonchev–Trinajstić information content (AvgIpc) is 2.69. The quantitative estimate of drug-likeness (QED) is 0.414. The van der Waals surface area contributed by atoms with Crippen LogP contribution < -0.4 is 0 Å². The molecular formula is C20H19NO4S3. The summed E-state index contributed by atoms with van der Waals surface area (Å²) in [4.78, 5) is 0.648. The molecule has 5 nitrogen and oxygen atoms in total. The van der Waals surface area contributed by atoms with Gasteiger partial charge in [0.05, 0.1) is 15.7 Å². The lowest BCUT2D eigenvalue weighted by Crippen LogP contribution is -2.36. The second kappa shape index (κ2) is 8.48. The Balaban J connectivity index is 2.04. The summed E-state index contributed by atoms with van der Waals surface area (Å²) in [5, 5.41) is 0. The van der Waals surface area contributed by atoms with Crippen LogP contribution in [0.25, 0.3) is 0 Å². The highest BCUT2D eigenvalue weighted by Gasteiger charge is 2.36. The first kappa shape index (κ1) is 20.6. The molecule has 0 heterocycles. The van der Waals surface area contributed by atoms with Crippen LogP contribution >= 0.6 is 11.8 Å². The van der Waals surface area contributed by atoms with E-state index in [2.05, 4.69) is 0 Å². The molecule has 0 aliphatic rings. The Morgan fingerprint density at radius 3 is 1.68 bits per heavy atom. The van der Waals surface area contributed by atoms with Crippen molar-refractivity contribution in [2.75, 3.05) is 5.88 Å². The molecule has 0 unspecified atom stereocenters. The molecule has 0 amide bonds. The van der Waals surface area contributed by atoms with E-state index < -0.39 is 20.0 Å². The van der Waals surface area contributed by atoms with Crippen molar-refractivity contribution in [3.8, 4) is 0 Å². The van der Waals surface area contributed by atoms with Crippen LogP contribution in [0.3, 0.4) is 0 Å². The van der Waals surface area contributed by atoms with Crippen molar-refractivity contribution in [3.63, 3.8) is 0 Å². The number of hydrogen-bond donors (Lipinski definition) is 0. The molecule has 0 spiro atoms. The summed E-state index contributed by atoms with van der Waals surface area (Å²) in [5.41, 5.74) is 1.01. The van der Waals surface area contributed by atoms with Crippen LogP contribution in [0.1, 0.15) is 5.56 Å². The highest BCUT2D eigenvalue weighted by molar-refractivity contribution is 8.06. The Labute approximate surface area is 170 Å². The summed E-state index contributed by atoms with van der Waals surface area (Å²) in [5.74, 6) is -0.266. The first-order valence-corrected chi connectivity index (χ1v) is 12.3. The van der Waals surface area contributed by atoms with Gasteiger partial charge in [-0.2, -0.15) is 0 Å². The number of sulfonamides is 2. The van der Waals surface area contributed by atoms with Gasteiger partial charge in [0.25, 0.3) is 20.0 Å². The molecule has 28 heavy (non-hydrogen) atoms. The Morgan fingerprint density at radius 2 is 1.21 bits per heavy atom. The van der Waals surface area contributed by atoms with E-state index in [-0.39, 0.29) is 15.7 Å². The Bertz CT molecular complexity index is 1080. The van der Waals surface area contributed by atoms with E-state index in [0.717, 1.165) is 22.2 Å². The molecule has 0 atom stereocenters. The summed E-state index contributed by atoms with van der Waals surface area (Å²) in [7, 11) is -8.53. The Kier molecular flexibility index (Phi) is 6.24. The van der Waals surface area contributed by atoms with E-state index in [9.17, 15) is 16.8 Å². The molecule has 0 saturated heterocycles. The lowest BCUT2D eigenvalue weighted by atomic mass is 10.2. The molecule has 0 aromatic heterocycles. The van der Waals surface area contributed by atoms with E-state index in [1.165, 1.54) is 24.3 Å². The Hall–Kier alpha value is -2.13. The zero-order valence-corrected chi connectivity index (χ0v) is 17.5. The molecule has 0 bridgehead atoms. The van der Waals surface area contributed by atoms with Crippen molar-refractivity contribution in [1.29, 1.82) is 0 Å². The second-order valence-corrected chi connectivity index (χ2v) is 11.0. The zero-order chi connectivity index (χ0) is 20.2. The first-order valence-electron chi connectivity index (χ1n) is 8.39. The first-order chi connectivity index (χ1) is 13.3. The standard InChI is InChI=1S/C20H19NO4S3/c1-17-9-8-10-18(15-17)26-16-21(27(22,23)19-11-4-2-5-12-19)28(24,25)20-13-6-3-7-14-20/h2-15H,16H2,1H3. The van der Waals surface area contributed by atoms with Crippen molar-refractivity contribution in [2.24, 2.45) is 0 Å². The minimum absolute atomic E-state index is 0.0700. The zero-order valence-electron chi connectivity index (χ0n) is 15.1. The van der Waals surface area contributed by atoms with Gasteiger partial charge in [0.15, 0.2) is 0 Å². The summed E-state index contributed by atoms with van der Waals surface area (Å²) in [6, 6.07) is 22.6. The summed E-state index contributed by atoms with van der Waals surface area (Å²) in [6.07, 6.45) is 0. The molecule has 0 aliphatic heterocycles. The van der Waals surface area contributed by atoms with Crippen LogP contribution in [0.2, 0.25) is 0 Å². The molecule has 8 heteroatoms. The molecule has 146 valence electrons. The van der Waals surface area contributed by atoms with Gasteiger partial charge in [0.1, 0.15) is 0 Å². The van der Waals surface area contributed by atoms with Crippen LogP contribution in [0.4, 0.5) is 0 Å². The number of benzene rings is 3. The summed E-state index contributed by atoms with van der Waals surface area (Å²) in [6.45, 7) is 1.92. The van der Waals surface area contributed by atoms with E-state index >= 15 is 0 Å². The van der Waals surface area contributed by atoms with Gasteiger partial charge in [-0.05, 0) is 43.3 Å². The molecule has 3 aromatic rings. The van der Waals surface area contributed by atoms with Crippen molar-refractivity contribution < 1.29 is 16.8 Å². The van der Waals surface area contributed by atoms with Gasteiger partial charge in [-0.1, -0.05) is 57.8 Å². The maximum atomic E-state index is 13.2. The average molecular weight is 434 g/mol. The predicted octanol–water partition coefficient (Wildman–Crippen LogP) is 4.12. The molecule has 0 saturated carbocycles. The molecule has 3 rings (SSSR count). The maximum absolute atomic E-state index is 13.2. The van der Waals surface area contributed by atoms with E-state index in [1.807, 2.05) is 31.2 Å². The third-order valence-electron chi connectivity index (χ3n) is 3.94. The van der Waals surface area contributed by atoms with Crippen molar-refractivity contribution in [1.82, 2.24) is 3.71 Å². The number of thioether (sulfide) groups is 1. The molecular weight excluding hydrogens is 414 g/mol. The number of hydrogen-bond acceptors (Lipinski definition) is 5. The molecule has 3 aromatic carbocycles. The van der Waals surface area contributed by atoms with Gasteiger partial charge >= 0.3 is 0 Å². The van der Waals surface area contributed by atoms with Crippen molar-refractivity contribution >= 4 is 31.8 Å². The Morgan fingerprint density at radius 1 is 0.714 bits per heavy atom. The van der Waals surface area contributed by atoms with Crippen LogP contribution in [0.5, 0.6) is 0 Å². The fourth-order valence-corrected chi connectivity index (χ4v) is 7.67. The van der Waals surface area contributed by atoms with E-state index in [4.69, 9.17) is 0 Å². The lowest BCUT2D eigenvalue weighted by molar-refractivity contribution is 0.521. The molecule has 0 radical (unpaired) electrons. The van der Waals surface area contributed by atoms with Crippen LogP contribution in [0, 0.1) is 6.92 Å².